The number of hydrogen-bond acceptors (Lipinski definition) is 3. The number of amides is 3. The molecule has 10 heteroatoms. The standard InChI is InChI=1S/C24H17Cl2FN4O3/c1-13-6-8-16(12-17(13)26)28-22(32)21-11-14-10-15(25)7-9-20(14)31(21)30-24(34)23(33)29-19-5-3-2-4-18(19)27/h2-12H,1H3,(H,28,32)(H,29,33)(H,30,34). The van der Waals surface area contributed by atoms with Gasteiger partial charge in [-0.05, 0) is 61.0 Å². The predicted octanol–water partition coefficient (Wildman–Crippen LogP) is 5.36. The lowest BCUT2D eigenvalue weighted by Crippen LogP contribution is -2.36. The number of benzene rings is 3. The monoisotopic (exact) mass is 498 g/mol. The van der Waals surface area contributed by atoms with E-state index >= 15 is 0 Å². The van der Waals surface area contributed by atoms with Gasteiger partial charge in [0.1, 0.15) is 11.5 Å². The Kier molecular flexibility index (Phi) is 6.54. The number of carbonyl (C=O) groups is 3. The van der Waals surface area contributed by atoms with Crippen LogP contribution in [0.5, 0.6) is 0 Å². The number of para-hydroxylation sites is 1. The van der Waals surface area contributed by atoms with Crippen molar-refractivity contribution in [3.8, 4) is 0 Å². The molecular formula is C24H17Cl2FN4O3. The minimum atomic E-state index is -1.11. The van der Waals surface area contributed by atoms with Crippen LogP contribution in [0.1, 0.15) is 16.1 Å². The number of nitrogens with one attached hydrogen (secondary N) is 3. The third-order valence-corrected chi connectivity index (χ3v) is 5.61. The summed E-state index contributed by atoms with van der Waals surface area (Å²) >= 11 is 12.2. The van der Waals surface area contributed by atoms with E-state index in [-0.39, 0.29) is 11.4 Å². The average Bonchev–Trinajstić information content (AvgIpc) is 3.15. The van der Waals surface area contributed by atoms with Crippen LogP contribution in [0.15, 0.2) is 66.7 Å². The van der Waals surface area contributed by atoms with Crippen molar-refractivity contribution in [2.45, 2.75) is 6.92 Å². The van der Waals surface area contributed by atoms with Crippen LogP contribution in [0.4, 0.5) is 15.8 Å². The van der Waals surface area contributed by atoms with Gasteiger partial charge in [-0.15, -0.1) is 0 Å². The van der Waals surface area contributed by atoms with Crippen molar-refractivity contribution in [3.63, 3.8) is 0 Å². The zero-order valence-corrected chi connectivity index (χ0v) is 19.2. The largest absolute Gasteiger partial charge is 0.328 e. The summed E-state index contributed by atoms with van der Waals surface area (Å²) in [6.45, 7) is 1.83. The zero-order valence-electron chi connectivity index (χ0n) is 17.7. The van der Waals surface area contributed by atoms with Gasteiger partial charge in [0.15, 0.2) is 0 Å². The predicted molar refractivity (Wildman–Crippen MR) is 130 cm³/mol. The summed E-state index contributed by atoms with van der Waals surface area (Å²) in [6, 6.07) is 16.8. The summed E-state index contributed by atoms with van der Waals surface area (Å²) < 4.78 is 15.0. The molecule has 0 aliphatic rings. The highest BCUT2D eigenvalue weighted by Gasteiger charge is 2.22. The maximum atomic E-state index is 13.8. The first kappa shape index (κ1) is 23.3. The molecule has 0 spiro atoms. The van der Waals surface area contributed by atoms with E-state index in [0.29, 0.717) is 26.6 Å². The Bertz CT molecular complexity index is 1450. The Morgan fingerprint density at radius 1 is 0.882 bits per heavy atom. The van der Waals surface area contributed by atoms with Crippen molar-refractivity contribution in [1.82, 2.24) is 4.68 Å². The minimum Gasteiger partial charge on any atom is -0.321 e. The quantitative estimate of drug-likeness (QED) is 0.331. The fourth-order valence-electron chi connectivity index (χ4n) is 3.23. The smallest absolute Gasteiger partial charge is 0.321 e. The first-order chi connectivity index (χ1) is 16.2. The highest BCUT2D eigenvalue weighted by Crippen LogP contribution is 2.25. The molecule has 0 atom stereocenters. The van der Waals surface area contributed by atoms with Gasteiger partial charge >= 0.3 is 11.8 Å². The zero-order chi connectivity index (χ0) is 24.4. The van der Waals surface area contributed by atoms with Crippen molar-refractivity contribution in [1.29, 1.82) is 0 Å². The average molecular weight is 499 g/mol. The van der Waals surface area contributed by atoms with E-state index < -0.39 is 23.5 Å². The SMILES string of the molecule is Cc1ccc(NC(=O)c2cc3cc(Cl)ccc3n2NC(=O)C(=O)Nc2ccccc2F)cc1Cl. The van der Waals surface area contributed by atoms with E-state index in [0.717, 1.165) is 11.6 Å². The van der Waals surface area contributed by atoms with Gasteiger partial charge in [-0.25, -0.2) is 9.07 Å². The lowest BCUT2D eigenvalue weighted by Gasteiger charge is -2.13. The van der Waals surface area contributed by atoms with Crippen LogP contribution in [-0.2, 0) is 9.59 Å². The van der Waals surface area contributed by atoms with Crippen LogP contribution in [0, 0.1) is 12.7 Å². The van der Waals surface area contributed by atoms with Gasteiger partial charge in [0.25, 0.3) is 5.91 Å². The fraction of sp³-hybridized carbons (Fsp3) is 0.0417. The first-order valence-corrected chi connectivity index (χ1v) is 10.7. The third-order valence-electron chi connectivity index (χ3n) is 4.97. The molecule has 0 aliphatic heterocycles. The lowest BCUT2D eigenvalue weighted by molar-refractivity contribution is -0.133. The molecule has 1 heterocycles. The second kappa shape index (κ2) is 9.54. The molecule has 4 aromatic rings. The van der Waals surface area contributed by atoms with Crippen molar-refractivity contribution >= 4 is 63.2 Å². The van der Waals surface area contributed by atoms with Crippen LogP contribution >= 0.6 is 23.2 Å². The molecule has 0 saturated heterocycles. The van der Waals surface area contributed by atoms with Crippen LogP contribution < -0.4 is 16.1 Å². The Morgan fingerprint density at radius 3 is 2.38 bits per heavy atom. The number of halogens is 3. The van der Waals surface area contributed by atoms with Gasteiger partial charge in [0.2, 0.25) is 0 Å². The van der Waals surface area contributed by atoms with Gasteiger partial charge in [-0.1, -0.05) is 41.4 Å². The Morgan fingerprint density at radius 2 is 1.65 bits per heavy atom. The summed E-state index contributed by atoms with van der Waals surface area (Å²) in [6.07, 6.45) is 0. The van der Waals surface area contributed by atoms with Crippen LogP contribution in [0.2, 0.25) is 10.0 Å². The molecule has 172 valence electrons. The molecule has 0 unspecified atom stereocenters. The van der Waals surface area contributed by atoms with Gasteiger partial charge in [0.05, 0.1) is 11.2 Å². The summed E-state index contributed by atoms with van der Waals surface area (Å²) in [7, 11) is 0. The summed E-state index contributed by atoms with van der Waals surface area (Å²) in [5, 5.41) is 6.36. The van der Waals surface area contributed by atoms with Gasteiger partial charge < -0.3 is 10.6 Å². The molecule has 3 aromatic carbocycles. The number of anilines is 2. The highest BCUT2D eigenvalue weighted by molar-refractivity contribution is 6.42. The molecule has 0 aliphatic carbocycles. The van der Waals surface area contributed by atoms with E-state index in [1.54, 1.807) is 36.4 Å². The summed E-state index contributed by atoms with van der Waals surface area (Å²) in [4.78, 5) is 38.1. The number of aromatic nitrogens is 1. The normalized spacial score (nSPS) is 10.7. The molecule has 7 nitrogen and oxygen atoms in total. The first-order valence-electron chi connectivity index (χ1n) is 9.98. The topological polar surface area (TPSA) is 92.2 Å². The van der Waals surface area contributed by atoms with Crippen molar-refractivity contribution < 1.29 is 18.8 Å². The maximum absolute atomic E-state index is 13.8. The molecule has 0 fully saturated rings. The molecule has 3 N–H and O–H groups in total. The van der Waals surface area contributed by atoms with Crippen molar-refractivity contribution in [2.75, 3.05) is 16.1 Å². The van der Waals surface area contributed by atoms with Crippen LogP contribution in [0.3, 0.4) is 0 Å². The van der Waals surface area contributed by atoms with Gasteiger partial charge in [-0.3, -0.25) is 19.8 Å². The molecule has 0 saturated carbocycles. The van der Waals surface area contributed by atoms with Crippen LogP contribution in [-0.4, -0.2) is 22.4 Å². The molecule has 4 rings (SSSR count). The number of carbonyl (C=O) groups excluding carboxylic acids is 3. The molecule has 0 bridgehead atoms. The van der Waals surface area contributed by atoms with Gasteiger partial charge in [0, 0.05) is 21.1 Å². The maximum Gasteiger partial charge on any atom is 0.328 e. The minimum absolute atomic E-state index is 0.0287. The molecular weight excluding hydrogens is 482 g/mol. The van der Waals surface area contributed by atoms with Gasteiger partial charge in [-0.2, -0.15) is 0 Å². The van der Waals surface area contributed by atoms with E-state index in [9.17, 15) is 18.8 Å². The highest BCUT2D eigenvalue weighted by atomic mass is 35.5. The number of nitrogens with zero attached hydrogens (tertiary/aromatic N) is 1. The second-order valence-corrected chi connectivity index (χ2v) is 8.20. The summed E-state index contributed by atoms with van der Waals surface area (Å²) in [5.74, 6) is -3.48. The lowest BCUT2D eigenvalue weighted by atomic mass is 10.2. The fourth-order valence-corrected chi connectivity index (χ4v) is 3.59. The Balaban J connectivity index is 1.64. The van der Waals surface area contributed by atoms with E-state index in [2.05, 4.69) is 16.1 Å². The van der Waals surface area contributed by atoms with Crippen molar-refractivity contribution in [3.05, 3.63) is 93.8 Å². The molecule has 34 heavy (non-hydrogen) atoms. The Hall–Kier alpha value is -3.88. The van der Waals surface area contributed by atoms with Crippen LogP contribution in [0.25, 0.3) is 10.9 Å². The number of rotatable bonds is 4. The van der Waals surface area contributed by atoms with E-state index in [1.165, 1.54) is 28.9 Å². The molecule has 0 radical (unpaired) electrons. The summed E-state index contributed by atoms with van der Waals surface area (Å²) in [5.41, 5.74) is 3.98. The number of aryl methyl sites for hydroxylation is 1. The van der Waals surface area contributed by atoms with Crippen molar-refractivity contribution in [2.24, 2.45) is 0 Å². The molecule has 1 aromatic heterocycles. The second-order valence-electron chi connectivity index (χ2n) is 7.36. The number of fused-ring (bicyclic) bond motifs is 1. The number of hydrogen-bond donors (Lipinski definition) is 3. The van der Waals surface area contributed by atoms with E-state index in [1.807, 2.05) is 6.92 Å². The molecule has 3 amide bonds. The third kappa shape index (κ3) is 4.88. The Labute approximate surface area is 203 Å². The van der Waals surface area contributed by atoms with E-state index in [4.69, 9.17) is 23.2 Å².